The van der Waals surface area contributed by atoms with Crippen LogP contribution in [0.25, 0.3) is 0 Å². The van der Waals surface area contributed by atoms with Crippen molar-refractivity contribution in [2.24, 2.45) is 0 Å². The lowest BCUT2D eigenvalue weighted by Gasteiger charge is -2.09. The highest BCUT2D eigenvalue weighted by Crippen LogP contribution is 2.26. The molecular formula is C13H14N2O6. The molecule has 0 fully saturated rings. The van der Waals surface area contributed by atoms with Gasteiger partial charge in [0, 0.05) is 6.07 Å². The monoisotopic (exact) mass is 294 g/mol. The van der Waals surface area contributed by atoms with Gasteiger partial charge in [-0.2, -0.15) is 0 Å². The van der Waals surface area contributed by atoms with E-state index in [9.17, 15) is 19.7 Å². The second-order valence-corrected chi connectivity index (χ2v) is 3.98. The molecule has 21 heavy (non-hydrogen) atoms. The third-order valence-corrected chi connectivity index (χ3v) is 2.49. The van der Waals surface area contributed by atoms with Crippen molar-refractivity contribution in [2.75, 3.05) is 19.5 Å². The first-order chi connectivity index (χ1) is 9.88. The minimum Gasteiger partial charge on any atom is -0.466 e. The van der Waals surface area contributed by atoms with E-state index < -0.39 is 16.9 Å². The van der Waals surface area contributed by atoms with Crippen LogP contribution in [0.3, 0.4) is 0 Å². The molecule has 1 aromatic rings. The Labute approximate surface area is 120 Å². The first-order valence-electron chi connectivity index (χ1n) is 5.79. The highest BCUT2D eigenvalue weighted by atomic mass is 16.6. The molecule has 0 aromatic heterocycles. The van der Waals surface area contributed by atoms with Crippen LogP contribution in [0.5, 0.6) is 0 Å². The maximum absolute atomic E-state index is 11.6. The molecule has 0 saturated heterocycles. The average Bonchev–Trinajstić information content (AvgIpc) is 2.46. The van der Waals surface area contributed by atoms with Gasteiger partial charge in [-0.25, -0.2) is 9.59 Å². The van der Waals surface area contributed by atoms with E-state index in [1.807, 2.05) is 0 Å². The van der Waals surface area contributed by atoms with E-state index in [4.69, 9.17) is 0 Å². The number of nitrogens with one attached hydrogen (secondary N) is 1. The Morgan fingerprint density at radius 2 is 1.95 bits per heavy atom. The summed E-state index contributed by atoms with van der Waals surface area (Å²) >= 11 is 0. The summed E-state index contributed by atoms with van der Waals surface area (Å²) in [5, 5.41) is 13.5. The van der Waals surface area contributed by atoms with E-state index >= 15 is 0 Å². The van der Waals surface area contributed by atoms with Gasteiger partial charge in [-0.15, -0.1) is 0 Å². The zero-order valence-corrected chi connectivity index (χ0v) is 11.7. The summed E-state index contributed by atoms with van der Waals surface area (Å²) in [7, 11) is 2.26. The summed E-state index contributed by atoms with van der Waals surface area (Å²) < 4.78 is 8.92. The van der Waals surface area contributed by atoms with Crippen LogP contribution >= 0.6 is 0 Å². The van der Waals surface area contributed by atoms with Crippen molar-refractivity contribution in [1.82, 2.24) is 0 Å². The molecule has 0 spiro atoms. The van der Waals surface area contributed by atoms with Gasteiger partial charge in [0.15, 0.2) is 0 Å². The molecule has 112 valence electrons. The van der Waals surface area contributed by atoms with Gasteiger partial charge in [0.25, 0.3) is 5.69 Å². The van der Waals surface area contributed by atoms with E-state index in [1.165, 1.54) is 12.1 Å². The lowest BCUT2D eigenvalue weighted by Crippen LogP contribution is -2.16. The van der Waals surface area contributed by atoms with Crippen molar-refractivity contribution in [1.29, 1.82) is 0 Å². The molecule has 0 amide bonds. The van der Waals surface area contributed by atoms with Gasteiger partial charge in [-0.1, -0.05) is 6.07 Å². The highest BCUT2D eigenvalue weighted by Gasteiger charge is 2.19. The smallest absolute Gasteiger partial charge is 0.354 e. The Hall–Kier alpha value is -2.90. The number of nitrogens with zero attached hydrogens (tertiary/aromatic N) is 1. The third kappa shape index (κ3) is 4.30. The Balaban J connectivity index is 3.21. The normalized spacial score (nSPS) is 10.7. The maximum Gasteiger partial charge on any atom is 0.354 e. The van der Waals surface area contributed by atoms with Crippen molar-refractivity contribution in [3.05, 3.63) is 45.6 Å². The molecule has 0 aliphatic rings. The molecule has 1 rings (SSSR count). The number of rotatable bonds is 5. The van der Waals surface area contributed by atoms with Gasteiger partial charge in [-0.3, -0.25) is 10.1 Å². The van der Waals surface area contributed by atoms with Crippen molar-refractivity contribution < 1.29 is 24.0 Å². The van der Waals surface area contributed by atoms with Gasteiger partial charge in [0.1, 0.15) is 11.4 Å². The minimum absolute atomic E-state index is 0.0613. The Morgan fingerprint density at radius 3 is 2.48 bits per heavy atom. The first-order valence-corrected chi connectivity index (χ1v) is 5.79. The molecule has 0 radical (unpaired) electrons. The number of nitro groups is 1. The van der Waals surface area contributed by atoms with Gasteiger partial charge < -0.3 is 14.8 Å². The highest BCUT2D eigenvalue weighted by molar-refractivity contribution is 5.99. The Bertz CT molecular complexity index is 609. The number of ether oxygens (including phenoxy) is 2. The van der Waals surface area contributed by atoms with E-state index in [2.05, 4.69) is 14.8 Å². The largest absolute Gasteiger partial charge is 0.466 e. The molecule has 1 N–H and O–H groups in total. The van der Waals surface area contributed by atoms with Gasteiger partial charge >= 0.3 is 11.9 Å². The molecule has 1 aromatic carbocycles. The van der Waals surface area contributed by atoms with Crippen LogP contribution in [-0.2, 0) is 19.1 Å². The number of hydrogen-bond donors (Lipinski definition) is 1. The fourth-order valence-electron chi connectivity index (χ4n) is 1.48. The molecule has 0 aliphatic carbocycles. The molecule has 0 atom stereocenters. The summed E-state index contributed by atoms with van der Waals surface area (Å²) in [6.45, 7) is 1.70. The van der Waals surface area contributed by atoms with E-state index in [-0.39, 0.29) is 17.1 Å². The van der Waals surface area contributed by atoms with Crippen LogP contribution in [0.15, 0.2) is 30.0 Å². The number of carbonyl (C=O) groups excluding carboxylic acids is 2. The molecule has 0 bridgehead atoms. The lowest BCUT2D eigenvalue weighted by atomic mass is 10.2. The summed E-state index contributed by atoms with van der Waals surface area (Å²) in [6, 6.07) is 4.40. The summed E-state index contributed by atoms with van der Waals surface area (Å²) in [5.74, 6) is -1.65. The maximum atomic E-state index is 11.6. The second kappa shape index (κ2) is 7.04. The number of hydrogen-bond acceptors (Lipinski definition) is 7. The fraction of sp³-hybridized carbons (Fsp3) is 0.231. The van der Waals surface area contributed by atoms with Crippen molar-refractivity contribution in [3.8, 4) is 0 Å². The number of methoxy groups -OCH3 is 2. The van der Waals surface area contributed by atoms with Gasteiger partial charge in [0.2, 0.25) is 0 Å². The summed E-state index contributed by atoms with van der Waals surface area (Å²) in [5.41, 5.74) is 0.251. The van der Waals surface area contributed by atoms with Crippen LogP contribution in [0.2, 0.25) is 0 Å². The SMILES string of the molecule is COC(=O)/C=C(/Nc1ccc(C)cc1[N+](=O)[O-])C(=O)OC. The topological polar surface area (TPSA) is 108 Å². The fourth-order valence-corrected chi connectivity index (χ4v) is 1.48. The number of aryl methyl sites for hydroxylation is 1. The Kier molecular flexibility index (Phi) is 5.41. The van der Waals surface area contributed by atoms with Crippen molar-refractivity contribution >= 4 is 23.3 Å². The van der Waals surface area contributed by atoms with Crippen LogP contribution in [-0.4, -0.2) is 31.1 Å². The molecule has 8 nitrogen and oxygen atoms in total. The predicted molar refractivity (Wildman–Crippen MR) is 73.6 cm³/mol. The number of benzene rings is 1. The third-order valence-electron chi connectivity index (χ3n) is 2.49. The number of esters is 2. The number of carbonyl (C=O) groups is 2. The first kappa shape index (κ1) is 16.2. The van der Waals surface area contributed by atoms with E-state index in [0.717, 1.165) is 20.3 Å². The van der Waals surface area contributed by atoms with Crippen molar-refractivity contribution in [2.45, 2.75) is 6.92 Å². The number of anilines is 1. The van der Waals surface area contributed by atoms with Crippen LogP contribution < -0.4 is 5.32 Å². The summed E-state index contributed by atoms with van der Waals surface area (Å²) in [4.78, 5) is 33.2. The molecule has 8 heteroatoms. The molecule has 0 unspecified atom stereocenters. The van der Waals surface area contributed by atoms with Gasteiger partial charge in [0.05, 0.1) is 25.2 Å². The lowest BCUT2D eigenvalue weighted by molar-refractivity contribution is -0.384. The zero-order chi connectivity index (χ0) is 16.0. The average molecular weight is 294 g/mol. The second-order valence-electron chi connectivity index (χ2n) is 3.98. The predicted octanol–water partition coefficient (Wildman–Crippen LogP) is 1.55. The summed E-state index contributed by atoms with van der Waals surface area (Å²) in [6.07, 6.45) is 0.857. The van der Waals surface area contributed by atoms with Crippen LogP contribution in [0.1, 0.15) is 5.56 Å². The molecule has 0 heterocycles. The molecule has 0 saturated carbocycles. The quantitative estimate of drug-likeness (QED) is 0.380. The minimum atomic E-state index is -0.852. The Morgan fingerprint density at radius 1 is 1.29 bits per heavy atom. The van der Waals surface area contributed by atoms with E-state index in [1.54, 1.807) is 13.0 Å². The number of nitro benzene ring substituents is 1. The van der Waals surface area contributed by atoms with Crippen LogP contribution in [0, 0.1) is 17.0 Å². The van der Waals surface area contributed by atoms with Crippen LogP contribution in [0.4, 0.5) is 11.4 Å². The van der Waals surface area contributed by atoms with Gasteiger partial charge in [-0.05, 0) is 18.6 Å². The zero-order valence-electron chi connectivity index (χ0n) is 11.7. The molecular weight excluding hydrogens is 280 g/mol. The van der Waals surface area contributed by atoms with Crippen molar-refractivity contribution in [3.63, 3.8) is 0 Å². The molecule has 0 aliphatic heterocycles. The standard InChI is InChI=1S/C13H14N2O6/c1-8-4-5-9(11(6-8)15(18)19)14-10(13(17)21-3)7-12(16)20-2/h4-7,14H,1-3H3/b10-7+. The van der Waals surface area contributed by atoms with E-state index in [0.29, 0.717) is 5.56 Å².